The number of hydrogen-bond acceptors (Lipinski definition) is 5. The van der Waals surface area contributed by atoms with Gasteiger partial charge < -0.3 is 5.11 Å². The summed E-state index contributed by atoms with van der Waals surface area (Å²) in [5.41, 5.74) is 0.0436. The minimum atomic E-state index is -1.33. The predicted molar refractivity (Wildman–Crippen MR) is 86.6 cm³/mol. The number of carboxylic acids is 1. The first-order valence-electron chi connectivity index (χ1n) is 7.47. The highest BCUT2D eigenvalue weighted by atomic mass is 19.1. The largest absolute Gasteiger partial charge is 0.475 e. The van der Waals surface area contributed by atoms with Crippen LogP contribution < -0.4 is 0 Å². The normalized spacial score (nSPS) is 18.3. The zero-order chi connectivity index (χ0) is 17.6. The van der Waals surface area contributed by atoms with E-state index in [4.69, 9.17) is 0 Å². The Balaban J connectivity index is 2.07. The fourth-order valence-corrected chi connectivity index (χ4v) is 2.84. The number of carboxylic acid groups (broad SMARTS) is 1. The molecule has 1 aliphatic heterocycles. The summed E-state index contributed by atoms with van der Waals surface area (Å²) in [5, 5.41) is 13.4. The van der Waals surface area contributed by atoms with E-state index in [-0.39, 0.29) is 17.3 Å². The first-order chi connectivity index (χ1) is 12.0. The average Bonchev–Trinajstić information content (AvgIpc) is 3.02. The molecule has 0 saturated heterocycles. The van der Waals surface area contributed by atoms with Crippen LogP contribution in [-0.2, 0) is 5.54 Å². The van der Waals surface area contributed by atoms with E-state index < -0.39 is 17.3 Å². The minimum Gasteiger partial charge on any atom is -0.475 e. The van der Waals surface area contributed by atoms with E-state index in [0.717, 1.165) is 0 Å². The van der Waals surface area contributed by atoms with Crippen LogP contribution in [0.2, 0.25) is 0 Å². The van der Waals surface area contributed by atoms with Crippen LogP contribution >= 0.6 is 0 Å². The van der Waals surface area contributed by atoms with Crippen molar-refractivity contribution < 1.29 is 14.3 Å². The molecule has 0 spiro atoms. The van der Waals surface area contributed by atoms with Crippen LogP contribution in [0.1, 0.15) is 34.6 Å². The van der Waals surface area contributed by atoms with Gasteiger partial charge in [0.2, 0.25) is 0 Å². The highest BCUT2D eigenvalue weighted by Crippen LogP contribution is 2.36. The first-order valence-corrected chi connectivity index (χ1v) is 7.47. The van der Waals surface area contributed by atoms with E-state index in [0.29, 0.717) is 11.3 Å². The predicted octanol–water partition coefficient (Wildman–Crippen LogP) is 2.20. The highest BCUT2D eigenvalue weighted by Gasteiger charge is 2.40. The number of rotatable bonds is 2. The molecular formula is C17H12FN5O2. The number of fused-ring (bicyclic) bond motifs is 3. The second kappa shape index (κ2) is 5.30. The Kier molecular flexibility index (Phi) is 3.21. The SMILES string of the molecule is CC1(c2ncccc2F)N=Cc2ccccc2-n2nc(C(=O)O)nc21. The van der Waals surface area contributed by atoms with Crippen LogP contribution in [0.4, 0.5) is 4.39 Å². The summed E-state index contributed by atoms with van der Waals surface area (Å²) in [6, 6.07) is 9.95. The molecule has 124 valence electrons. The van der Waals surface area contributed by atoms with Crippen molar-refractivity contribution in [3.05, 3.63) is 71.3 Å². The number of aromatic nitrogens is 4. The van der Waals surface area contributed by atoms with Crippen LogP contribution in [0.5, 0.6) is 0 Å². The Bertz CT molecular complexity index is 1030. The molecule has 1 unspecified atom stereocenters. The number of pyridine rings is 1. The molecule has 1 aromatic carbocycles. The zero-order valence-corrected chi connectivity index (χ0v) is 13.1. The van der Waals surface area contributed by atoms with E-state index >= 15 is 0 Å². The molecule has 0 bridgehead atoms. The second-order valence-electron chi connectivity index (χ2n) is 5.70. The molecule has 0 aliphatic carbocycles. The van der Waals surface area contributed by atoms with E-state index in [1.165, 1.54) is 23.0 Å². The number of para-hydroxylation sites is 1. The van der Waals surface area contributed by atoms with Crippen molar-refractivity contribution in [1.29, 1.82) is 0 Å². The van der Waals surface area contributed by atoms with Gasteiger partial charge in [-0.2, -0.15) is 0 Å². The van der Waals surface area contributed by atoms with Crippen LogP contribution in [0.15, 0.2) is 47.6 Å². The van der Waals surface area contributed by atoms with Gasteiger partial charge in [-0.25, -0.2) is 18.9 Å². The molecule has 8 heteroatoms. The molecule has 3 aromatic rings. The van der Waals surface area contributed by atoms with Crippen molar-refractivity contribution in [2.45, 2.75) is 12.5 Å². The molecule has 0 amide bonds. The number of benzene rings is 1. The molecule has 0 radical (unpaired) electrons. The van der Waals surface area contributed by atoms with Crippen molar-refractivity contribution in [2.24, 2.45) is 4.99 Å². The molecule has 2 aromatic heterocycles. The van der Waals surface area contributed by atoms with Crippen molar-refractivity contribution in [1.82, 2.24) is 19.7 Å². The number of hydrogen-bond donors (Lipinski definition) is 1. The summed E-state index contributed by atoms with van der Waals surface area (Å²) in [4.78, 5) is 24.1. The lowest BCUT2D eigenvalue weighted by Crippen LogP contribution is -2.27. The van der Waals surface area contributed by atoms with Crippen molar-refractivity contribution in [2.75, 3.05) is 0 Å². The van der Waals surface area contributed by atoms with Crippen molar-refractivity contribution in [3.8, 4) is 5.69 Å². The van der Waals surface area contributed by atoms with E-state index in [9.17, 15) is 14.3 Å². The summed E-state index contributed by atoms with van der Waals surface area (Å²) in [5.74, 6) is -2.03. The Morgan fingerprint density at radius 2 is 2.04 bits per heavy atom. The molecule has 4 rings (SSSR count). The molecule has 7 nitrogen and oxygen atoms in total. The lowest BCUT2D eigenvalue weighted by molar-refractivity contribution is 0.0683. The quantitative estimate of drug-likeness (QED) is 0.774. The smallest absolute Gasteiger partial charge is 0.375 e. The fourth-order valence-electron chi connectivity index (χ4n) is 2.84. The lowest BCUT2D eigenvalue weighted by atomic mass is 9.96. The summed E-state index contributed by atoms with van der Waals surface area (Å²) < 4.78 is 15.8. The van der Waals surface area contributed by atoms with Gasteiger partial charge in [-0.15, -0.1) is 5.10 Å². The average molecular weight is 337 g/mol. The first kappa shape index (κ1) is 15.1. The van der Waals surface area contributed by atoms with Gasteiger partial charge in [-0.3, -0.25) is 9.98 Å². The van der Waals surface area contributed by atoms with E-state index in [1.54, 1.807) is 25.3 Å². The van der Waals surface area contributed by atoms with E-state index in [2.05, 4.69) is 20.1 Å². The fraction of sp³-hybridized carbons (Fsp3) is 0.118. The number of nitrogens with zero attached hydrogens (tertiary/aromatic N) is 5. The van der Waals surface area contributed by atoms with Gasteiger partial charge in [0.25, 0.3) is 5.82 Å². The number of aliphatic imine (C=N–C) groups is 1. The molecule has 1 aliphatic rings. The Morgan fingerprint density at radius 3 is 2.80 bits per heavy atom. The number of aromatic carboxylic acids is 1. The van der Waals surface area contributed by atoms with Crippen molar-refractivity contribution in [3.63, 3.8) is 0 Å². The van der Waals surface area contributed by atoms with E-state index in [1.807, 2.05) is 12.1 Å². The number of carbonyl (C=O) groups is 1. The summed E-state index contributed by atoms with van der Waals surface area (Å²) in [6.45, 7) is 1.63. The Hall–Kier alpha value is -3.42. The summed E-state index contributed by atoms with van der Waals surface area (Å²) in [7, 11) is 0. The maximum absolute atomic E-state index is 14.4. The van der Waals surface area contributed by atoms with Gasteiger partial charge in [0.15, 0.2) is 11.4 Å². The second-order valence-corrected chi connectivity index (χ2v) is 5.70. The van der Waals surface area contributed by atoms with Crippen LogP contribution in [-0.4, -0.2) is 37.0 Å². The number of halogens is 1. The summed E-state index contributed by atoms with van der Waals surface area (Å²) in [6.07, 6.45) is 3.05. The van der Waals surface area contributed by atoms with Crippen LogP contribution in [0, 0.1) is 5.82 Å². The Labute approximate surface area is 141 Å². The van der Waals surface area contributed by atoms with Gasteiger partial charge in [-0.05, 0) is 25.1 Å². The molecule has 25 heavy (non-hydrogen) atoms. The molecule has 3 heterocycles. The van der Waals surface area contributed by atoms with Crippen molar-refractivity contribution >= 4 is 12.2 Å². The summed E-state index contributed by atoms with van der Waals surface area (Å²) >= 11 is 0. The lowest BCUT2D eigenvalue weighted by Gasteiger charge is -2.23. The maximum Gasteiger partial charge on any atom is 0.375 e. The van der Waals surface area contributed by atoms with Gasteiger partial charge in [-0.1, -0.05) is 18.2 Å². The van der Waals surface area contributed by atoms with Gasteiger partial charge in [0, 0.05) is 18.0 Å². The van der Waals surface area contributed by atoms with Gasteiger partial charge in [0.1, 0.15) is 11.5 Å². The van der Waals surface area contributed by atoms with Gasteiger partial charge in [0.05, 0.1) is 5.69 Å². The van der Waals surface area contributed by atoms with Crippen LogP contribution in [0.25, 0.3) is 5.69 Å². The third-order valence-corrected chi connectivity index (χ3v) is 4.08. The standard InChI is InChI=1S/C17H12FN5O2/c1-17(13-11(18)6-4-8-19-13)16-21-14(15(24)25)22-23(16)12-7-3-2-5-10(12)9-20-17/h2-9H,1H3,(H,24,25). The Morgan fingerprint density at radius 1 is 1.24 bits per heavy atom. The molecule has 1 atom stereocenters. The molecular weight excluding hydrogens is 325 g/mol. The molecule has 1 N–H and O–H groups in total. The third-order valence-electron chi connectivity index (χ3n) is 4.08. The monoisotopic (exact) mass is 337 g/mol. The molecule has 0 fully saturated rings. The van der Waals surface area contributed by atoms with Crippen LogP contribution in [0.3, 0.4) is 0 Å². The highest BCUT2D eigenvalue weighted by molar-refractivity contribution is 5.87. The third kappa shape index (κ3) is 2.22. The maximum atomic E-state index is 14.4. The molecule has 0 saturated carbocycles. The topological polar surface area (TPSA) is 93.3 Å². The zero-order valence-electron chi connectivity index (χ0n) is 13.1. The van der Waals surface area contributed by atoms with Gasteiger partial charge >= 0.3 is 5.97 Å². The minimum absolute atomic E-state index is 0.0460.